The van der Waals surface area contributed by atoms with Crippen LogP contribution in [0.2, 0.25) is 0 Å². The molecule has 0 bridgehead atoms. The van der Waals surface area contributed by atoms with Gasteiger partial charge >= 0.3 is 6.18 Å². The Kier molecular flexibility index (Phi) is 5.47. The fourth-order valence-corrected chi connectivity index (χ4v) is 1.85. The SMILES string of the molecule is CC(=O)SCCC=Cc1cccc(C(F)(F)F)c1. The van der Waals surface area contributed by atoms with Crippen molar-refractivity contribution in [3.05, 3.63) is 41.5 Å². The molecule has 0 atom stereocenters. The topological polar surface area (TPSA) is 17.1 Å². The Morgan fingerprint density at radius 2 is 2.11 bits per heavy atom. The molecule has 0 aromatic heterocycles. The molecule has 1 aromatic carbocycles. The molecule has 0 fully saturated rings. The van der Waals surface area contributed by atoms with Crippen molar-refractivity contribution in [2.24, 2.45) is 0 Å². The molecule has 1 aromatic rings. The first-order valence-electron chi connectivity index (χ1n) is 5.37. The zero-order chi connectivity index (χ0) is 13.6. The summed E-state index contributed by atoms with van der Waals surface area (Å²) in [4.78, 5) is 10.6. The van der Waals surface area contributed by atoms with Gasteiger partial charge in [-0.15, -0.1) is 0 Å². The number of halogens is 3. The number of thioether (sulfide) groups is 1. The Labute approximate surface area is 108 Å². The predicted molar refractivity (Wildman–Crippen MR) is 68.2 cm³/mol. The van der Waals surface area contributed by atoms with Crippen LogP contribution in [-0.2, 0) is 11.0 Å². The number of hydrogen-bond donors (Lipinski definition) is 0. The van der Waals surface area contributed by atoms with E-state index in [1.54, 1.807) is 18.2 Å². The quantitative estimate of drug-likeness (QED) is 0.757. The molecule has 0 unspecified atom stereocenters. The van der Waals surface area contributed by atoms with Gasteiger partial charge in [-0.2, -0.15) is 13.2 Å². The summed E-state index contributed by atoms with van der Waals surface area (Å²) in [5.74, 6) is 0.644. The smallest absolute Gasteiger partial charge is 0.288 e. The summed E-state index contributed by atoms with van der Waals surface area (Å²) < 4.78 is 37.3. The Balaban J connectivity index is 2.57. The number of carbonyl (C=O) groups is 1. The van der Waals surface area contributed by atoms with Crippen molar-refractivity contribution in [1.29, 1.82) is 0 Å². The first kappa shape index (κ1) is 14.8. The van der Waals surface area contributed by atoms with Gasteiger partial charge in [-0.25, -0.2) is 0 Å². The van der Waals surface area contributed by atoms with E-state index in [1.807, 2.05) is 0 Å². The molecule has 0 N–H and O–H groups in total. The van der Waals surface area contributed by atoms with Gasteiger partial charge in [-0.1, -0.05) is 36.0 Å². The predicted octanol–water partition coefficient (Wildman–Crippen LogP) is 4.39. The van der Waals surface area contributed by atoms with Gasteiger partial charge in [0.1, 0.15) is 0 Å². The lowest BCUT2D eigenvalue weighted by Gasteiger charge is -2.06. The highest BCUT2D eigenvalue weighted by Crippen LogP contribution is 2.29. The Morgan fingerprint density at radius 1 is 1.39 bits per heavy atom. The van der Waals surface area contributed by atoms with Gasteiger partial charge in [-0.05, 0) is 24.1 Å². The molecule has 1 rings (SSSR count). The van der Waals surface area contributed by atoms with Crippen molar-refractivity contribution in [3.8, 4) is 0 Å². The van der Waals surface area contributed by atoms with Crippen LogP contribution >= 0.6 is 11.8 Å². The third kappa shape index (κ3) is 5.40. The summed E-state index contributed by atoms with van der Waals surface area (Å²) >= 11 is 1.20. The van der Waals surface area contributed by atoms with E-state index in [9.17, 15) is 18.0 Å². The molecule has 0 spiro atoms. The number of alkyl halides is 3. The van der Waals surface area contributed by atoms with E-state index < -0.39 is 11.7 Å². The lowest BCUT2D eigenvalue weighted by molar-refractivity contribution is -0.137. The second kappa shape index (κ2) is 6.64. The maximum atomic E-state index is 12.4. The Morgan fingerprint density at radius 3 is 2.72 bits per heavy atom. The van der Waals surface area contributed by atoms with Crippen molar-refractivity contribution in [3.63, 3.8) is 0 Å². The van der Waals surface area contributed by atoms with Gasteiger partial charge in [0.25, 0.3) is 0 Å². The summed E-state index contributed by atoms with van der Waals surface area (Å²) in [6, 6.07) is 5.15. The molecule has 0 radical (unpaired) electrons. The van der Waals surface area contributed by atoms with Gasteiger partial charge in [-0.3, -0.25) is 4.79 Å². The highest BCUT2D eigenvalue weighted by Gasteiger charge is 2.30. The van der Waals surface area contributed by atoms with E-state index in [2.05, 4.69) is 0 Å². The third-order valence-electron chi connectivity index (χ3n) is 2.11. The molecule has 0 aliphatic rings. The van der Waals surface area contributed by atoms with Gasteiger partial charge in [0.15, 0.2) is 5.12 Å². The lowest BCUT2D eigenvalue weighted by atomic mass is 10.1. The number of benzene rings is 1. The average Bonchev–Trinajstić information content (AvgIpc) is 2.27. The monoisotopic (exact) mass is 274 g/mol. The zero-order valence-corrected chi connectivity index (χ0v) is 10.6. The Bertz CT molecular complexity index is 438. The average molecular weight is 274 g/mol. The van der Waals surface area contributed by atoms with E-state index in [0.29, 0.717) is 17.7 Å². The van der Waals surface area contributed by atoms with E-state index in [0.717, 1.165) is 12.1 Å². The highest BCUT2D eigenvalue weighted by molar-refractivity contribution is 8.13. The molecule has 0 heterocycles. The minimum Gasteiger partial charge on any atom is -0.288 e. The van der Waals surface area contributed by atoms with Crippen molar-refractivity contribution in [1.82, 2.24) is 0 Å². The molecule has 0 amide bonds. The number of carbonyl (C=O) groups excluding carboxylic acids is 1. The van der Waals surface area contributed by atoms with Crippen LogP contribution in [0.15, 0.2) is 30.3 Å². The van der Waals surface area contributed by atoms with E-state index in [-0.39, 0.29) is 5.12 Å². The molecule has 5 heteroatoms. The summed E-state index contributed by atoms with van der Waals surface area (Å²) in [5, 5.41) is 0.0440. The third-order valence-corrected chi connectivity index (χ3v) is 2.96. The number of rotatable bonds is 4. The van der Waals surface area contributed by atoms with Crippen LogP contribution < -0.4 is 0 Å². The second-order valence-corrected chi connectivity index (χ2v) is 4.93. The minimum atomic E-state index is -4.31. The van der Waals surface area contributed by atoms with E-state index >= 15 is 0 Å². The number of allylic oxidation sites excluding steroid dienone is 1. The van der Waals surface area contributed by atoms with E-state index in [4.69, 9.17) is 0 Å². The molecule has 0 aliphatic heterocycles. The summed E-state index contributed by atoms with van der Waals surface area (Å²) in [5.41, 5.74) is -0.139. The normalized spacial score (nSPS) is 12.0. The van der Waals surface area contributed by atoms with Crippen LogP contribution in [0.4, 0.5) is 13.2 Å². The van der Waals surface area contributed by atoms with Gasteiger partial charge in [0.05, 0.1) is 5.56 Å². The minimum absolute atomic E-state index is 0.0440. The maximum Gasteiger partial charge on any atom is 0.416 e. The van der Waals surface area contributed by atoms with Crippen molar-refractivity contribution in [2.45, 2.75) is 19.5 Å². The van der Waals surface area contributed by atoms with Crippen LogP contribution in [0.3, 0.4) is 0 Å². The number of hydrogen-bond acceptors (Lipinski definition) is 2. The van der Waals surface area contributed by atoms with Crippen LogP contribution in [0.25, 0.3) is 6.08 Å². The van der Waals surface area contributed by atoms with Crippen LogP contribution in [-0.4, -0.2) is 10.9 Å². The maximum absolute atomic E-state index is 12.4. The van der Waals surface area contributed by atoms with Gasteiger partial charge in [0.2, 0.25) is 0 Å². The van der Waals surface area contributed by atoms with Crippen LogP contribution in [0.1, 0.15) is 24.5 Å². The van der Waals surface area contributed by atoms with Crippen molar-refractivity contribution < 1.29 is 18.0 Å². The zero-order valence-electron chi connectivity index (χ0n) is 9.83. The molecule has 98 valence electrons. The van der Waals surface area contributed by atoms with Crippen molar-refractivity contribution in [2.75, 3.05) is 5.75 Å². The highest BCUT2D eigenvalue weighted by atomic mass is 32.2. The molecular weight excluding hydrogens is 261 g/mol. The van der Waals surface area contributed by atoms with Gasteiger partial charge in [0, 0.05) is 12.7 Å². The first-order valence-corrected chi connectivity index (χ1v) is 6.35. The molecule has 0 aliphatic carbocycles. The Hall–Kier alpha value is -1.23. The molecule has 18 heavy (non-hydrogen) atoms. The lowest BCUT2D eigenvalue weighted by Crippen LogP contribution is -2.04. The fourth-order valence-electron chi connectivity index (χ4n) is 1.31. The summed E-state index contributed by atoms with van der Waals surface area (Å²) in [6.45, 7) is 1.49. The standard InChI is InChI=1S/C13H13F3OS/c1-10(17)18-8-3-2-5-11-6-4-7-12(9-11)13(14,15)16/h2,4-7,9H,3,8H2,1H3. The molecule has 0 saturated carbocycles. The summed E-state index contributed by atoms with van der Waals surface area (Å²) in [7, 11) is 0. The fraction of sp³-hybridized carbons (Fsp3) is 0.308. The molecule has 1 nitrogen and oxygen atoms in total. The molecular formula is C13H13F3OS. The van der Waals surface area contributed by atoms with Gasteiger partial charge < -0.3 is 0 Å². The van der Waals surface area contributed by atoms with E-state index in [1.165, 1.54) is 24.8 Å². The molecule has 0 saturated heterocycles. The summed E-state index contributed by atoms with van der Waals surface area (Å²) in [6.07, 6.45) is -0.254. The van der Waals surface area contributed by atoms with Crippen molar-refractivity contribution >= 4 is 23.0 Å². The van der Waals surface area contributed by atoms with Crippen LogP contribution in [0.5, 0.6) is 0 Å². The first-order chi connectivity index (χ1) is 8.39. The second-order valence-electron chi connectivity index (χ2n) is 3.65. The van der Waals surface area contributed by atoms with Crippen LogP contribution in [0, 0.1) is 0 Å². The largest absolute Gasteiger partial charge is 0.416 e.